The molecule has 6 nitrogen and oxygen atoms in total. The fraction of sp³-hybridized carbons (Fsp3) is 0.714. The van der Waals surface area contributed by atoms with Crippen molar-refractivity contribution in [2.24, 2.45) is 5.84 Å². The zero-order valence-corrected chi connectivity index (χ0v) is 7.66. The van der Waals surface area contributed by atoms with Crippen LogP contribution in [0.15, 0.2) is 6.20 Å². The molecule has 0 aliphatic heterocycles. The fourth-order valence-corrected chi connectivity index (χ4v) is 0.943. The summed E-state index contributed by atoms with van der Waals surface area (Å²) in [6.07, 6.45) is 2.62. The number of rotatable bonds is 6. The normalized spacial score (nSPS) is 13.1. The van der Waals surface area contributed by atoms with Crippen LogP contribution in [0.2, 0.25) is 0 Å². The molecular formula is C7H15N5O. The standard InChI is InChI=1S/C7H15N5O/c1-2-3-13-5-7(10-8)6-4-9-12-11-6/h4,7,10H,2-3,5,8H2,1H3,(H,9,11,12). The molecule has 0 fully saturated rings. The van der Waals surface area contributed by atoms with Gasteiger partial charge in [-0.3, -0.25) is 5.84 Å². The molecule has 1 rings (SSSR count). The molecule has 0 aliphatic carbocycles. The zero-order valence-electron chi connectivity index (χ0n) is 7.66. The Kier molecular flexibility index (Phi) is 4.37. The highest BCUT2D eigenvalue weighted by Crippen LogP contribution is 2.06. The van der Waals surface area contributed by atoms with E-state index >= 15 is 0 Å². The summed E-state index contributed by atoms with van der Waals surface area (Å²) in [4.78, 5) is 0. The maximum atomic E-state index is 5.34. The summed E-state index contributed by atoms with van der Waals surface area (Å²) < 4.78 is 5.34. The van der Waals surface area contributed by atoms with Crippen molar-refractivity contribution in [2.75, 3.05) is 13.2 Å². The molecule has 0 radical (unpaired) electrons. The first-order chi connectivity index (χ1) is 6.38. The lowest BCUT2D eigenvalue weighted by Crippen LogP contribution is -2.31. The van der Waals surface area contributed by atoms with Gasteiger partial charge in [0, 0.05) is 6.61 Å². The molecule has 1 aromatic rings. The fourth-order valence-electron chi connectivity index (χ4n) is 0.943. The van der Waals surface area contributed by atoms with E-state index in [4.69, 9.17) is 10.6 Å². The minimum atomic E-state index is -0.0923. The number of hydrogen-bond acceptors (Lipinski definition) is 5. The SMILES string of the molecule is CCCOCC(NN)c1cn[nH]n1. The van der Waals surface area contributed by atoms with Gasteiger partial charge in [-0.1, -0.05) is 6.92 Å². The van der Waals surface area contributed by atoms with Crippen LogP contribution >= 0.6 is 0 Å². The number of hydrogen-bond donors (Lipinski definition) is 3. The molecule has 0 saturated heterocycles. The van der Waals surface area contributed by atoms with Crippen molar-refractivity contribution in [3.05, 3.63) is 11.9 Å². The second kappa shape index (κ2) is 5.63. The third-order valence-electron chi connectivity index (χ3n) is 1.62. The van der Waals surface area contributed by atoms with Gasteiger partial charge < -0.3 is 4.74 Å². The van der Waals surface area contributed by atoms with Gasteiger partial charge in [-0.15, -0.1) is 0 Å². The van der Waals surface area contributed by atoms with Gasteiger partial charge in [0.15, 0.2) is 0 Å². The Morgan fingerprint density at radius 2 is 2.62 bits per heavy atom. The number of H-pyrrole nitrogens is 1. The van der Waals surface area contributed by atoms with E-state index in [0.29, 0.717) is 6.61 Å². The molecule has 1 heterocycles. The second-order valence-electron chi connectivity index (χ2n) is 2.69. The van der Waals surface area contributed by atoms with E-state index < -0.39 is 0 Å². The molecule has 13 heavy (non-hydrogen) atoms. The summed E-state index contributed by atoms with van der Waals surface area (Å²) in [5.41, 5.74) is 3.38. The zero-order chi connectivity index (χ0) is 9.52. The largest absolute Gasteiger partial charge is 0.379 e. The van der Waals surface area contributed by atoms with E-state index in [2.05, 4.69) is 27.8 Å². The van der Waals surface area contributed by atoms with Crippen LogP contribution in [-0.4, -0.2) is 28.6 Å². The first-order valence-corrected chi connectivity index (χ1v) is 4.28. The van der Waals surface area contributed by atoms with Crippen LogP contribution in [0.25, 0.3) is 0 Å². The van der Waals surface area contributed by atoms with E-state index in [1.54, 1.807) is 6.20 Å². The van der Waals surface area contributed by atoms with Crippen molar-refractivity contribution in [1.29, 1.82) is 0 Å². The van der Waals surface area contributed by atoms with Crippen molar-refractivity contribution >= 4 is 0 Å². The molecule has 0 saturated carbocycles. The highest BCUT2D eigenvalue weighted by atomic mass is 16.5. The van der Waals surface area contributed by atoms with Gasteiger partial charge in [-0.2, -0.15) is 15.4 Å². The number of aromatic nitrogens is 3. The van der Waals surface area contributed by atoms with Gasteiger partial charge in [0.05, 0.1) is 18.8 Å². The summed E-state index contributed by atoms with van der Waals surface area (Å²) in [5, 5.41) is 10.1. The Morgan fingerprint density at radius 3 is 3.15 bits per heavy atom. The summed E-state index contributed by atoms with van der Waals surface area (Å²) in [6, 6.07) is -0.0923. The topological polar surface area (TPSA) is 88.9 Å². The van der Waals surface area contributed by atoms with Gasteiger partial charge in [0.25, 0.3) is 0 Å². The summed E-state index contributed by atoms with van der Waals surface area (Å²) in [6.45, 7) is 3.30. The maximum Gasteiger partial charge on any atom is 0.103 e. The average Bonchev–Trinajstić information content (AvgIpc) is 2.65. The van der Waals surface area contributed by atoms with Gasteiger partial charge in [0.1, 0.15) is 5.69 Å². The number of nitrogens with two attached hydrogens (primary N) is 1. The Morgan fingerprint density at radius 1 is 1.77 bits per heavy atom. The van der Waals surface area contributed by atoms with Crippen LogP contribution in [0.1, 0.15) is 25.1 Å². The van der Waals surface area contributed by atoms with Crippen LogP contribution in [0.4, 0.5) is 0 Å². The lowest BCUT2D eigenvalue weighted by atomic mass is 10.2. The summed E-state index contributed by atoms with van der Waals surface area (Å²) in [5.74, 6) is 5.33. The molecule has 0 aliphatic rings. The lowest BCUT2D eigenvalue weighted by molar-refractivity contribution is 0.111. The van der Waals surface area contributed by atoms with Gasteiger partial charge >= 0.3 is 0 Å². The predicted molar refractivity (Wildman–Crippen MR) is 47.6 cm³/mol. The number of nitrogens with zero attached hydrogens (tertiary/aromatic N) is 2. The van der Waals surface area contributed by atoms with Crippen LogP contribution in [-0.2, 0) is 4.74 Å². The second-order valence-corrected chi connectivity index (χ2v) is 2.69. The molecule has 0 amide bonds. The van der Waals surface area contributed by atoms with E-state index in [1.807, 2.05) is 0 Å². The van der Waals surface area contributed by atoms with Crippen molar-refractivity contribution in [2.45, 2.75) is 19.4 Å². The highest BCUT2D eigenvalue weighted by molar-refractivity contribution is 4.98. The smallest absolute Gasteiger partial charge is 0.103 e. The minimum Gasteiger partial charge on any atom is -0.379 e. The Labute approximate surface area is 76.8 Å². The van der Waals surface area contributed by atoms with Crippen molar-refractivity contribution in [3.8, 4) is 0 Å². The van der Waals surface area contributed by atoms with E-state index in [9.17, 15) is 0 Å². The molecule has 1 aromatic heterocycles. The molecule has 1 atom stereocenters. The van der Waals surface area contributed by atoms with Gasteiger partial charge in [-0.25, -0.2) is 5.43 Å². The predicted octanol–water partition coefficient (Wildman–Crippen LogP) is -0.264. The van der Waals surface area contributed by atoms with Crippen molar-refractivity contribution < 1.29 is 4.74 Å². The Bertz CT molecular complexity index is 213. The van der Waals surface area contributed by atoms with Crippen molar-refractivity contribution in [3.63, 3.8) is 0 Å². The number of nitrogens with one attached hydrogen (secondary N) is 2. The molecule has 0 bridgehead atoms. The summed E-state index contributed by atoms with van der Waals surface area (Å²) >= 11 is 0. The molecular weight excluding hydrogens is 170 g/mol. The molecule has 74 valence electrons. The number of aromatic amines is 1. The average molecular weight is 185 g/mol. The van der Waals surface area contributed by atoms with E-state index in [-0.39, 0.29) is 6.04 Å². The van der Waals surface area contributed by atoms with Gasteiger partial charge in [0.2, 0.25) is 0 Å². The van der Waals surface area contributed by atoms with E-state index in [1.165, 1.54) is 0 Å². The Hall–Kier alpha value is -0.980. The first kappa shape index (κ1) is 10.1. The first-order valence-electron chi connectivity index (χ1n) is 4.28. The molecule has 4 N–H and O–H groups in total. The quantitative estimate of drug-likeness (QED) is 0.322. The van der Waals surface area contributed by atoms with Crippen molar-refractivity contribution in [1.82, 2.24) is 20.8 Å². The van der Waals surface area contributed by atoms with Crippen LogP contribution in [0, 0.1) is 0 Å². The lowest BCUT2D eigenvalue weighted by Gasteiger charge is -2.12. The third kappa shape index (κ3) is 3.10. The number of hydrazine groups is 1. The third-order valence-corrected chi connectivity index (χ3v) is 1.62. The van der Waals surface area contributed by atoms with E-state index in [0.717, 1.165) is 18.7 Å². The number of ether oxygens (including phenoxy) is 1. The van der Waals surface area contributed by atoms with Crippen LogP contribution in [0.3, 0.4) is 0 Å². The Balaban J connectivity index is 2.35. The molecule has 1 unspecified atom stereocenters. The summed E-state index contributed by atoms with van der Waals surface area (Å²) in [7, 11) is 0. The maximum absolute atomic E-state index is 5.34. The van der Waals surface area contributed by atoms with Crippen LogP contribution in [0.5, 0.6) is 0 Å². The molecule has 0 aromatic carbocycles. The van der Waals surface area contributed by atoms with Crippen LogP contribution < -0.4 is 11.3 Å². The molecule has 6 heteroatoms. The van der Waals surface area contributed by atoms with Gasteiger partial charge in [-0.05, 0) is 6.42 Å². The minimum absolute atomic E-state index is 0.0923. The molecule has 0 spiro atoms. The monoisotopic (exact) mass is 185 g/mol. The highest BCUT2D eigenvalue weighted by Gasteiger charge is 2.11.